The highest BCUT2D eigenvalue weighted by Crippen LogP contribution is 2.42. The van der Waals surface area contributed by atoms with Crippen molar-refractivity contribution in [2.45, 2.75) is 45.4 Å². The number of nitrogens with zero attached hydrogens (tertiary/aromatic N) is 5. The maximum atomic E-state index is 14.4. The summed E-state index contributed by atoms with van der Waals surface area (Å²) < 4.78 is 9.94. The Labute approximate surface area is 296 Å². The molecule has 0 fully saturated rings. The summed E-state index contributed by atoms with van der Waals surface area (Å²) in [5.41, 5.74) is 3.73. The molecule has 0 saturated carbocycles. The maximum absolute atomic E-state index is 14.4. The Morgan fingerprint density at radius 1 is 0.920 bits per heavy atom. The molecule has 2 N–H and O–H groups in total. The van der Waals surface area contributed by atoms with Crippen LogP contribution >= 0.6 is 11.6 Å². The van der Waals surface area contributed by atoms with E-state index in [4.69, 9.17) is 21.4 Å². The number of aryl methyl sites for hydroxylation is 1. The Hall–Kier alpha value is -5.69. The van der Waals surface area contributed by atoms with Crippen LogP contribution in [-0.4, -0.2) is 42.7 Å². The van der Waals surface area contributed by atoms with Crippen molar-refractivity contribution in [1.82, 2.24) is 24.9 Å². The zero-order valence-corrected chi connectivity index (χ0v) is 29.0. The van der Waals surface area contributed by atoms with E-state index in [-0.39, 0.29) is 18.8 Å². The topological polar surface area (TPSA) is 118 Å². The molecule has 0 unspecified atom stereocenters. The van der Waals surface area contributed by atoms with Crippen LogP contribution in [0.5, 0.6) is 5.75 Å². The number of nitriles is 1. The lowest BCUT2D eigenvalue weighted by molar-refractivity contribution is 0.0686. The Bertz CT molecular complexity index is 2070. The van der Waals surface area contributed by atoms with Crippen LogP contribution < -0.4 is 10.1 Å². The summed E-state index contributed by atoms with van der Waals surface area (Å²) in [5, 5.41) is 32.8. The van der Waals surface area contributed by atoms with Crippen LogP contribution in [0.4, 0.5) is 0 Å². The molecule has 0 aliphatic heterocycles. The highest BCUT2D eigenvalue weighted by molar-refractivity contribution is 6.31. The molecule has 50 heavy (non-hydrogen) atoms. The number of rotatable bonds is 11. The van der Waals surface area contributed by atoms with Gasteiger partial charge in [-0.1, -0.05) is 103 Å². The van der Waals surface area contributed by atoms with E-state index < -0.39 is 17.0 Å². The van der Waals surface area contributed by atoms with E-state index in [0.717, 1.165) is 22.4 Å². The molecule has 0 saturated heterocycles. The SMILES string of the molecule is Cc1nn(-c2ccc(C#N)c(Cl)c2)c(C)c1OCc1cnn(C(c2ccccc2)(c2ccccc2)c2ccccc2)c1C(=O)NCC(C)(C)O. The van der Waals surface area contributed by atoms with Crippen molar-refractivity contribution >= 4 is 17.5 Å². The number of aromatic nitrogens is 4. The van der Waals surface area contributed by atoms with Crippen molar-refractivity contribution in [3.8, 4) is 17.5 Å². The first kappa shape index (κ1) is 34.2. The van der Waals surface area contributed by atoms with E-state index in [2.05, 4.69) is 16.5 Å². The number of nitrogens with one attached hydrogen (secondary N) is 1. The van der Waals surface area contributed by atoms with E-state index in [1.54, 1.807) is 47.6 Å². The molecule has 0 aliphatic carbocycles. The average Bonchev–Trinajstić information content (AvgIpc) is 3.67. The molecule has 0 bridgehead atoms. The van der Waals surface area contributed by atoms with Crippen molar-refractivity contribution in [3.05, 3.63) is 165 Å². The van der Waals surface area contributed by atoms with E-state index in [1.807, 2.05) is 105 Å². The minimum absolute atomic E-state index is 0.00121. The van der Waals surface area contributed by atoms with Crippen LogP contribution in [0.15, 0.2) is 115 Å². The minimum Gasteiger partial charge on any atom is -0.485 e. The van der Waals surface area contributed by atoms with Gasteiger partial charge in [-0.3, -0.25) is 4.79 Å². The molecule has 10 heteroatoms. The first-order chi connectivity index (χ1) is 24.0. The molecule has 0 atom stereocenters. The lowest BCUT2D eigenvalue weighted by Gasteiger charge is -2.37. The fourth-order valence-corrected chi connectivity index (χ4v) is 6.45. The summed E-state index contributed by atoms with van der Waals surface area (Å²) in [6, 6.07) is 37.1. The number of hydrogen-bond acceptors (Lipinski definition) is 6. The quantitative estimate of drug-likeness (QED) is 0.140. The van der Waals surface area contributed by atoms with Gasteiger partial charge in [0.05, 0.1) is 33.8 Å². The second kappa shape index (κ2) is 14.0. The van der Waals surface area contributed by atoms with Gasteiger partial charge in [0.25, 0.3) is 5.91 Å². The highest BCUT2D eigenvalue weighted by Gasteiger charge is 2.42. The van der Waals surface area contributed by atoms with Gasteiger partial charge in [-0.25, -0.2) is 9.36 Å². The average molecular weight is 685 g/mol. The van der Waals surface area contributed by atoms with Crippen LogP contribution in [0.2, 0.25) is 5.02 Å². The van der Waals surface area contributed by atoms with Gasteiger partial charge in [0.15, 0.2) is 5.75 Å². The molecule has 6 aromatic rings. The van der Waals surface area contributed by atoms with Crippen LogP contribution in [0.25, 0.3) is 5.69 Å². The molecule has 6 rings (SSSR count). The van der Waals surface area contributed by atoms with Gasteiger partial charge in [0.1, 0.15) is 29.6 Å². The number of halogens is 1. The standard InChI is InChI=1S/C40H37ClN6O3/c1-27-37(28(2)46(45-27)34-21-20-29(23-42)35(41)22-34)50-25-30-24-44-47(36(30)38(48)43-26-39(3,4)49)40(31-14-8-5-9-15-31,32-16-10-6-11-17-32)33-18-12-7-13-19-33/h5-22,24,49H,25-26H2,1-4H3,(H,43,48). The summed E-state index contributed by atoms with van der Waals surface area (Å²) in [5.74, 6) is 0.133. The van der Waals surface area contributed by atoms with Gasteiger partial charge in [-0.15, -0.1) is 0 Å². The van der Waals surface area contributed by atoms with Gasteiger partial charge in [0, 0.05) is 12.1 Å². The van der Waals surface area contributed by atoms with Crippen LogP contribution in [0.3, 0.4) is 0 Å². The third kappa shape index (κ3) is 6.51. The predicted molar refractivity (Wildman–Crippen MR) is 193 cm³/mol. The second-order valence-corrected chi connectivity index (χ2v) is 13.1. The van der Waals surface area contributed by atoms with E-state index >= 15 is 0 Å². The smallest absolute Gasteiger partial charge is 0.270 e. The minimum atomic E-state index is -1.15. The fourth-order valence-electron chi connectivity index (χ4n) is 6.23. The normalized spacial score (nSPS) is 11.6. The highest BCUT2D eigenvalue weighted by atomic mass is 35.5. The van der Waals surface area contributed by atoms with Crippen molar-refractivity contribution in [1.29, 1.82) is 5.26 Å². The number of benzene rings is 4. The maximum Gasteiger partial charge on any atom is 0.270 e. The molecule has 0 spiro atoms. The summed E-state index contributed by atoms with van der Waals surface area (Å²) in [6.45, 7) is 7.02. The molecule has 1 amide bonds. The Morgan fingerprint density at radius 3 is 1.98 bits per heavy atom. The summed E-state index contributed by atoms with van der Waals surface area (Å²) >= 11 is 6.33. The van der Waals surface area contributed by atoms with Crippen molar-refractivity contribution in [2.75, 3.05) is 6.54 Å². The number of carbonyl (C=O) groups is 1. The first-order valence-corrected chi connectivity index (χ1v) is 16.6. The number of aliphatic hydroxyl groups is 1. The van der Waals surface area contributed by atoms with Crippen LogP contribution in [0, 0.1) is 25.2 Å². The molecule has 2 aromatic heterocycles. The number of ether oxygens (including phenoxy) is 1. The predicted octanol–water partition coefficient (Wildman–Crippen LogP) is 7.13. The van der Waals surface area contributed by atoms with Gasteiger partial charge >= 0.3 is 0 Å². The van der Waals surface area contributed by atoms with Gasteiger partial charge in [-0.05, 0) is 62.6 Å². The lowest BCUT2D eigenvalue weighted by atomic mass is 9.77. The third-order valence-electron chi connectivity index (χ3n) is 8.55. The van der Waals surface area contributed by atoms with E-state index in [0.29, 0.717) is 33.3 Å². The van der Waals surface area contributed by atoms with E-state index in [9.17, 15) is 15.2 Å². The molecule has 0 aliphatic rings. The number of amides is 1. The molecular weight excluding hydrogens is 648 g/mol. The van der Waals surface area contributed by atoms with Crippen molar-refractivity contribution in [3.63, 3.8) is 0 Å². The van der Waals surface area contributed by atoms with Crippen LogP contribution in [-0.2, 0) is 12.1 Å². The summed E-state index contributed by atoms with van der Waals surface area (Å²) in [7, 11) is 0. The first-order valence-electron chi connectivity index (χ1n) is 16.2. The third-order valence-corrected chi connectivity index (χ3v) is 8.86. The largest absolute Gasteiger partial charge is 0.485 e. The van der Waals surface area contributed by atoms with Crippen LogP contribution in [0.1, 0.15) is 63.5 Å². The lowest BCUT2D eigenvalue weighted by Crippen LogP contribution is -2.44. The number of hydrogen-bond donors (Lipinski definition) is 2. The summed E-state index contributed by atoms with van der Waals surface area (Å²) in [4.78, 5) is 14.4. The Kier molecular flexibility index (Phi) is 9.60. The van der Waals surface area contributed by atoms with E-state index in [1.165, 1.54) is 0 Å². The van der Waals surface area contributed by atoms with Crippen molar-refractivity contribution in [2.24, 2.45) is 0 Å². The fraction of sp³-hybridized carbons (Fsp3) is 0.200. The van der Waals surface area contributed by atoms with Gasteiger partial charge < -0.3 is 15.2 Å². The van der Waals surface area contributed by atoms with Gasteiger partial charge in [0.2, 0.25) is 0 Å². The number of carbonyl (C=O) groups excluding carboxylic acids is 1. The zero-order chi connectivity index (χ0) is 35.5. The molecule has 2 heterocycles. The molecule has 4 aromatic carbocycles. The Morgan fingerprint density at radius 2 is 1.48 bits per heavy atom. The monoisotopic (exact) mass is 684 g/mol. The summed E-state index contributed by atoms with van der Waals surface area (Å²) in [6.07, 6.45) is 1.66. The molecular formula is C40H37ClN6O3. The second-order valence-electron chi connectivity index (χ2n) is 12.7. The van der Waals surface area contributed by atoms with Gasteiger partial charge in [-0.2, -0.15) is 15.5 Å². The molecule has 9 nitrogen and oxygen atoms in total. The van der Waals surface area contributed by atoms with Crippen molar-refractivity contribution < 1.29 is 14.6 Å². The Balaban J connectivity index is 1.50. The zero-order valence-electron chi connectivity index (χ0n) is 28.3. The molecule has 0 radical (unpaired) electrons. The molecule has 252 valence electrons.